The van der Waals surface area contributed by atoms with Crippen LogP contribution in [0.3, 0.4) is 0 Å². The summed E-state index contributed by atoms with van der Waals surface area (Å²) in [7, 11) is 1.70. The van der Waals surface area contributed by atoms with Crippen molar-refractivity contribution in [1.82, 2.24) is 14.7 Å². The highest BCUT2D eigenvalue weighted by molar-refractivity contribution is 5.82. The molecule has 0 saturated carbocycles. The molecule has 2 saturated heterocycles. The van der Waals surface area contributed by atoms with Gasteiger partial charge in [0.2, 0.25) is 5.91 Å². The summed E-state index contributed by atoms with van der Waals surface area (Å²) < 4.78 is 5.25. The Balaban J connectivity index is 1.32. The Hall–Kier alpha value is -2.37. The molecular formula is C25H33N3O2. The lowest BCUT2D eigenvalue weighted by Gasteiger charge is -2.29. The lowest BCUT2D eigenvalue weighted by molar-refractivity contribution is -0.136. The van der Waals surface area contributed by atoms with Crippen molar-refractivity contribution in [2.75, 3.05) is 39.8 Å². The fourth-order valence-corrected chi connectivity index (χ4v) is 4.66. The number of amides is 1. The van der Waals surface area contributed by atoms with Crippen LogP contribution in [0.4, 0.5) is 0 Å². The summed E-state index contributed by atoms with van der Waals surface area (Å²) in [6.45, 7) is 6.47. The molecule has 2 aliphatic heterocycles. The normalized spacial score (nSPS) is 20.8. The molecule has 0 bridgehead atoms. The lowest BCUT2D eigenvalue weighted by Crippen LogP contribution is -2.46. The lowest BCUT2D eigenvalue weighted by atomic mass is 10.1. The first-order valence-corrected chi connectivity index (χ1v) is 11.1. The van der Waals surface area contributed by atoms with Crippen LogP contribution in [0.25, 0.3) is 0 Å². The number of likely N-dealkylation sites (tertiary alicyclic amines) is 1. The molecule has 1 unspecified atom stereocenters. The second-order valence-corrected chi connectivity index (χ2v) is 8.42. The Morgan fingerprint density at radius 1 is 0.867 bits per heavy atom. The summed E-state index contributed by atoms with van der Waals surface area (Å²) >= 11 is 0. The highest BCUT2D eigenvalue weighted by atomic mass is 16.5. The molecule has 1 amide bonds. The van der Waals surface area contributed by atoms with Crippen molar-refractivity contribution >= 4 is 5.91 Å². The van der Waals surface area contributed by atoms with Crippen LogP contribution in [0.5, 0.6) is 5.75 Å². The van der Waals surface area contributed by atoms with Gasteiger partial charge in [-0.15, -0.1) is 0 Å². The van der Waals surface area contributed by atoms with Crippen molar-refractivity contribution < 1.29 is 9.53 Å². The van der Waals surface area contributed by atoms with E-state index in [4.69, 9.17) is 4.74 Å². The Bertz CT molecular complexity index is 809. The van der Waals surface area contributed by atoms with E-state index >= 15 is 0 Å². The number of ether oxygens (including phenoxy) is 1. The number of methoxy groups -OCH3 is 1. The van der Waals surface area contributed by atoms with E-state index in [0.29, 0.717) is 5.91 Å². The van der Waals surface area contributed by atoms with Gasteiger partial charge in [-0.25, -0.2) is 0 Å². The molecule has 0 aromatic heterocycles. The maximum atomic E-state index is 13.3. The predicted octanol–water partition coefficient (Wildman–Crippen LogP) is 3.39. The number of hydrogen-bond acceptors (Lipinski definition) is 4. The Morgan fingerprint density at radius 2 is 1.63 bits per heavy atom. The first-order chi connectivity index (χ1) is 14.7. The number of hydrogen-bond donors (Lipinski definition) is 0. The van der Waals surface area contributed by atoms with Gasteiger partial charge in [-0.1, -0.05) is 42.5 Å². The summed E-state index contributed by atoms with van der Waals surface area (Å²) in [6.07, 6.45) is 3.13. The van der Waals surface area contributed by atoms with Crippen LogP contribution in [0.15, 0.2) is 54.6 Å². The minimum absolute atomic E-state index is 0.0401. The van der Waals surface area contributed by atoms with E-state index in [1.807, 2.05) is 18.2 Å². The third-order valence-corrected chi connectivity index (χ3v) is 6.34. The average molecular weight is 408 g/mol. The summed E-state index contributed by atoms with van der Waals surface area (Å²) in [5.74, 6) is 1.22. The predicted molar refractivity (Wildman–Crippen MR) is 119 cm³/mol. The highest BCUT2D eigenvalue weighted by Gasteiger charge is 2.34. The quantitative estimate of drug-likeness (QED) is 0.735. The molecule has 0 radical (unpaired) electrons. The van der Waals surface area contributed by atoms with Gasteiger partial charge in [-0.05, 0) is 49.1 Å². The van der Waals surface area contributed by atoms with Gasteiger partial charge in [-0.2, -0.15) is 0 Å². The maximum Gasteiger partial charge on any atom is 0.239 e. The molecule has 2 aromatic rings. The van der Waals surface area contributed by atoms with E-state index in [1.165, 1.54) is 11.1 Å². The van der Waals surface area contributed by atoms with Crippen LogP contribution in [0.2, 0.25) is 0 Å². The van der Waals surface area contributed by atoms with Crippen molar-refractivity contribution in [3.63, 3.8) is 0 Å². The smallest absolute Gasteiger partial charge is 0.239 e. The molecule has 1 atom stereocenters. The van der Waals surface area contributed by atoms with Crippen molar-refractivity contribution in [1.29, 1.82) is 0 Å². The number of carbonyl (C=O) groups excluding carboxylic acids is 1. The van der Waals surface area contributed by atoms with Crippen LogP contribution in [0, 0.1) is 0 Å². The monoisotopic (exact) mass is 407 g/mol. The fraction of sp³-hybridized carbons (Fsp3) is 0.480. The molecule has 0 spiro atoms. The molecule has 160 valence electrons. The molecule has 0 N–H and O–H groups in total. The number of nitrogens with zero attached hydrogens (tertiary/aromatic N) is 3. The van der Waals surface area contributed by atoms with E-state index in [1.54, 1.807) is 7.11 Å². The minimum Gasteiger partial charge on any atom is -0.497 e. The molecule has 5 heteroatoms. The largest absolute Gasteiger partial charge is 0.497 e. The molecule has 2 heterocycles. The van der Waals surface area contributed by atoms with Gasteiger partial charge < -0.3 is 9.64 Å². The first-order valence-electron chi connectivity index (χ1n) is 11.1. The van der Waals surface area contributed by atoms with Crippen LogP contribution >= 0.6 is 0 Å². The number of carbonyl (C=O) groups is 1. The second kappa shape index (κ2) is 10.1. The van der Waals surface area contributed by atoms with E-state index in [-0.39, 0.29) is 6.04 Å². The van der Waals surface area contributed by atoms with Crippen LogP contribution in [-0.4, -0.2) is 66.5 Å². The third kappa shape index (κ3) is 5.21. The molecule has 30 heavy (non-hydrogen) atoms. The Kier molecular flexibility index (Phi) is 7.03. The summed E-state index contributed by atoms with van der Waals surface area (Å²) in [5, 5.41) is 0. The van der Waals surface area contributed by atoms with E-state index in [9.17, 15) is 4.79 Å². The number of rotatable bonds is 6. The summed E-state index contributed by atoms with van der Waals surface area (Å²) in [5.41, 5.74) is 2.58. The summed E-state index contributed by atoms with van der Waals surface area (Å²) in [6, 6.07) is 18.9. The van der Waals surface area contributed by atoms with E-state index in [0.717, 1.165) is 70.8 Å². The zero-order valence-corrected chi connectivity index (χ0v) is 18.0. The zero-order chi connectivity index (χ0) is 20.8. The first kappa shape index (κ1) is 20.9. The van der Waals surface area contributed by atoms with Gasteiger partial charge in [-0.3, -0.25) is 14.6 Å². The molecule has 5 nitrogen and oxygen atoms in total. The molecule has 4 rings (SSSR count). The highest BCUT2D eigenvalue weighted by Crippen LogP contribution is 2.23. The van der Waals surface area contributed by atoms with Crippen LogP contribution in [-0.2, 0) is 17.9 Å². The second-order valence-electron chi connectivity index (χ2n) is 8.42. The molecule has 2 aromatic carbocycles. The molecular weight excluding hydrogens is 374 g/mol. The van der Waals surface area contributed by atoms with Gasteiger partial charge in [0, 0.05) is 39.3 Å². The SMILES string of the molecule is COc1ccc(CN2CCCN(C(=O)C3CCCN3Cc3ccccc3)CC2)cc1. The van der Waals surface area contributed by atoms with Crippen molar-refractivity contribution in [2.24, 2.45) is 0 Å². The Labute approximate surface area is 180 Å². The Morgan fingerprint density at radius 3 is 2.40 bits per heavy atom. The fourth-order valence-electron chi connectivity index (χ4n) is 4.66. The van der Waals surface area contributed by atoms with Gasteiger partial charge in [0.05, 0.1) is 13.2 Å². The van der Waals surface area contributed by atoms with E-state index in [2.05, 4.69) is 51.1 Å². The van der Waals surface area contributed by atoms with Gasteiger partial charge in [0.15, 0.2) is 0 Å². The maximum absolute atomic E-state index is 13.3. The third-order valence-electron chi connectivity index (χ3n) is 6.34. The van der Waals surface area contributed by atoms with Crippen molar-refractivity contribution in [3.8, 4) is 5.75 Å². The van der Waals surface area contributed by atoms with Gasteiger partial charge in [0.25, 0.3) is 0 Å². The minimum atomic E-state index is 0.0401. The molecule has 2 aliphatic rings. The standard InChI is InChI=1S/C25H33N3O2/c1-30-23-12-10-22(11-13-23)19-26-14-6-16-27(18-17-26)25(29)24-9-5-15-28(24)20-21-7-3-2-4-8-21/h2-4,7-8,10-13,24H,5-6,9,14-20H2,1H3. The number of benzene rings is 2. The molecule has 2 fully saturated rings. The zero-order valence-electron chi connectivity index (χ0n) is 18.0. The van der Waals surface area contributed by atoms with E-state index < -0.39 is 0 Å². The topological polar surface area (TPSA) is 36.0 Å². The van der Waals surface area contributed by atoms with Crippen LogP contribution < -0.4 is 4.74 Å². The van der Waals surface area contributed by atoms with Crippen molar-refractivity contribution in [3.05, 3.63) is 65.7 Å². The van der Waals surface area contributed by atoms with Gasteiger partial charge >= 0.3 is 0 Å². The van der Waals surface area contributed by atoms with Gasteiger partial charge in [0.1, 0.15) is 5.75 Å². The van der Waals surface area contributed by atoms with Crippen molar-refractivity contribution in [2.45, 2.75) is 38.4 Å². The summed E-state index contributed by atoms with van der Waals surface area (Å²) in [4.78, 5) is 20.3. The molecule has 0 aliphatic carbocycles. The van der Waals surface area contributed by atoms with Crippen LogP contribution in [0.1, 0.15) is 30.4 Å². The average Bonchev–Trinajstić information content (AvgIpc) is 3.11.